The highest BCUT2D eigenvalue weighted by molar-refractivity contribution is 6.05. The number of nitrogens with one attached hydrogen (secondary N) is 1. The molecule has 8 heteroatoms. The highest BCUT2D eigenvalue weighted by atomic mass is 16.5. The second-order valence-electron chi connectivity index (χ2n) is 10.9. The minimum absolute atomic E-state index is 0.0101. The Morgan fingerprint density at radius 2 is 1.73 bits per heavy atom. The maximum Gasteiger partial charge on any atom is 0.255 e. The Morgan fingerprint density at radius 3 is 2.48 bits per heavy atom. The van der Waals surface area contributed by atoms with Gasteiger partial charge in [-0.05, 0) is 81.8 Å². The minimum atomic E-state index is -0.0101. The molecule has 1 atom stereocenters. The third kappa shape index (κ3) is 5.19. The number of aryl methyl sites for hydroxylation is 2. The number of aliphatic imine (C=N–C) groups is 1. The average molecular weight is 542 g/mol. The van der Waals surface area contributed by atoms with Crippen molar-refractivity contribution in [3.8, 4) is 11.5 Å². The van der Waals surface area contributed by atoms with E-state index in [0.29, 0.717) is 25.6 Å². The van der Waals surface area contributed by atoms with Gasteiger partial charge in [0.1, 0.15) is 0 Å². The van der Waals surface area contributed by atoms with E-state index in [1.165, 1.54) is 16.8 Å². The number of ether oxygens (including phenoxy) is 2. The van der Waals surface area contributed by atoms with Gasteiger partial charge >= 0.3 is 0 Å². The maximum atomic E-state index is 13.4. The summed E-state index contributed by atoms with van der Waals surface area (Å²) in [5.41, 5.74) is 7.74. The van der Waals surface area contributed by atoms with Crippen molar-refractivity contribution in [2.45, 2.75) is 46.5 Å². The molecule has 1 unspecified atom stereocenters. The molecular weight excluding hydrogens is 502 g/mol. The largest absolute Gasteiger partial charge is 0.490 e. The Balaban J connectivity index is 1.19. The molecule has 1 fully saturated rings. The molecule has 3 heterocycles. The first-order chi connectivity index (χ1) is 19.5. The van der Waals surface area contributed by atoms with Crippen molar-refractivity contribution >= 4 is 17.3 Å². The van der Waals surface area contributed by atoms with Crippen LogP contribution in [0, 0.1) is 12.8 Å². The van der Waals surface area contributed by atoms with Gasteiger partial charge in [0.2, 0.25) is 5.95 Å². The molecule has 0 bridgehead atoms. The number of aromatic nitrogens is 2. The number of anilines is 2. The number of benzene rings is 2. The highest BCUT2D eigenvalue weighted by Gasteiger charge is 2.31. The van der Waals surface area contributed by atoms with Gasteiger partial charge in [-0.2, -0.15) is 0 Å². The second-order valence-corrected chi connectivity index (χ2v) is 10.9. The molecule has 1 N–H and O–H groups in total. The fourth-order valence-corrected chi connectivity index (χ4v) is 6.31. The molecule has 3 aliphatic rings. The van der Waals surface area contributed by atoms with Gasteiger partial charge in [-0.3, -0.25) is 14.8 Å². The van der Waals surface area contributed by atoms with E-state index in [9.17, 15) is 4.79 Å². The fraction of sp³-hybridized carbons (Fsp3) is 0.469. The van der Waals surface area contributed by atoms with E-state index in [4.69, 9.17) is 19.5 Å². The predicted octanol–water partition coefficient (Wildman–Crippen LogP) is 4.35. The molecule has 8 nitrogen and oxygen atoms in total. The van der Waals surface area contributed by atoms with Crippen molar-refractivity contribution < 1.29 is 9.47 Å². The summed E-state index contributed by atoms with van der Waals surface area (Å²) in [4.78, 5) is 31.1. The fourth-order valence-electron chi connectivity index (χ4n) is 6.31. The van der Waals surface area contributed by atoms with Crippen LogP contribution in [0.5, 0.6) is 11.5 Å². The molecule has 0 radical (unpaired) electrons. The normalized spacial score (nSPS) is 18.6. The number of nitrogens with zero attached hydrogens (tertiary/aromatic N) is 4. The van der Waals surface area contributed by atoms with Crippen molar-refractivity contribution in [3.63, 3.8) is 0 Å². The summed E-state index contributed by atoms with van der Waals surface area (Å²) >= 11 is 0. The molecule has 0 saturated carbocycles. The number of hydrogen-bond acceptors (Lipinski definition) is 7. The molecule has 6 rings (SSSR count). The summed E-state index contributed by atoms with van der Waals surface area (Å²) < 4.78 is 11.8. The molecule has 2 aromatic carbocycles. The van der Waals surface area contributed by atoms with Gasteiger partial charge in [0.05, 0.1) is 18.9 Å². The lowest BCUT2D eigenvalue weighted by Crippen LogP contribution is -2.47. The van der Waals surface area contributed by atoms with Crippen LogP contribution in [0.15, 0.2) is 46.2 Å². The van der Waals surface area contributed by atoms with Crippen molar-refractivity contribution in [2.24, 2.45) is 10.9 Å². The zero-order chi connectivity index (χ0) is 27.6. The Bertz CT molecular complexity index is 1470. The molecule has 1 saturated heterocycles. The van der Waals surface area contributed by atoms with Gasteiger partial charge in [-0.1, -0.05) is 12.1 Å². The quantitative estimate of drug-likeness (QED) is 0.479. The lowest BCUT2D eigenvalue weighted by molar-refractivity contribution is 0.287. The van der Waals surface area contributed by atoms with Gasteiger partial charge < -0.3 is 19.3 Å². The highest BCUT2D eigenvalue weighted by Crippen LogP contribution is 2.36. The zero-order valence-electron chi connectivity index (χ0n) is 23.8. The Hall–Kier alpha value is -3.81. The van der Waals surface area contributed by atoms with Gasteiger partial charge in [0, 0.05) is 61.2 Å². The number of H-pyrrole nitrogens is 1. The number of rotatable bonds is 7. The Morgan fingerprint density at radius 1 is 0.975 bits per heavy atom. The summed E-state index contributed by atoms with van der Waals surface area (Å²) in [6, 6.07) is 12.9. The van der Waals surface area contributed by atoms with Gasteiger partial charge in [0.25, 0.3) is 5.56 Å². The summed E-state index contributed by atoms with van der Waals surface area (Å²) in [7, 11) is 0. The SMILES string of the molecule is CCOc1cc2c(cc1OCC)C(C1CCc3nc(N4CCN(c5cccc(C)c5)CC4)[nH]c(=O)c3C1)=NCC2. The predicted molar refractivity (Wildman–Crippen MR) is 160 cm³/mol. The van der Waals surface area contributed by atoms with Gasteiger partial charge in [-0.15, -0.1) is 0 Å². The van der Waals surface area contributed by atoms with Crippen LogP contribution < -0.4 is 24.8 Å². The van der Waals surface area contributed by atoms with Crippen molar-refractivity contribution in [1.29, 1.82) is 0 Å². The molecule has 0 amide bonds. The maximum absolute atomic E-state index is 13.4. The van der Waals surface area contributed by atoms with E-state index >= 15 is 0 Å². The molecule has 1 aromatic heterocycles. The van der Waals surface area contributed by atoms with Gasteiger partial charge in [0.15, 0.2) is 11.5 Å². The summed E-state index contributed by atoms with van der Waals surface area (Å²) in [5, 5.41) is 0. The third-order valence-electron chi connectivity index (χ3n) is 8.31. The second kappa shape index (κ2) is 11.4. The topological polar surface area (TPSA) is 83.0 Å². The molecule has 40 heavy (non-hydrogen) atoms. The van der Waals surface area contributed by atoms with Gasteiger partial charge in [-0.25, -0.2) is 4.98 Å². The molecule has 3 aromatic rings. The smallest absolute Gasteiger partial charge is 0.255 e. The monoisotopic (exact) mass is 541 g/mol. The minimum Gasteiger partial charge on any atom is -0.490 e. The summed E-state index contributed by atoms with van der Waals surface area (Å²) in [6.07, 6.45) is 3.26. The van der Waals surface area contributed by atoms with E-state index in [1.807, 2.05) is 13.8 Å². The molecular formula is C32H39N5O3. The lowest BCUT2D eigenvalue weighted by Gasteiger charge is -2.37. The molecule has 1 aliphatic carbocycles. The molecule has 0 spiro atoms. The van der Waals surface area contributed by atoms with Crippen LogP contribution in [-0.2, 0) is 19.3 Å². The zero-order valence-corrected chi connectivity index (χ0v) is 23.8. The van der Waals surface area contributed by atoms with E-state index in [0.717, 1.165) is 86.0 Å². The molecule has 210 valence electrons. The standard InChI is InChI=1S/C32H39N5O3/c1-4-39-28-19-22-11-12-33-30(25(22)20-29(28)40-5-2)23-9-10-27-26(18-23)31(38)35-32(34-27)37-15-13-36(14-16-37)24-8-6-7-21(3)17-24/h6-8,17,19-20,23H,4-5,9-16,18H2,1-3H3,(H,34,35,38). The van der Waals surface area contributed by atoms with E-state index in [-0.39, 0.29) is 11.5 Å². The van der Waals surface area contributed by atoms with E-state index < -0.39 is 0 Å². The van der Waals surface area contributed by atoms with Crippen LogP contribution in [-0.4, -0.2) is 61.6 Å². The summed E-state index contributed by atoms with van der Waals surface area (Å²) in [6.45, 7) is 11.5. The number of piperazine rings is 1. The van der Waals surface area contributed by atoms with Crippen LogP contribution in [0.3, 0.4) is 0 Å². The molecule has 2 aliphatic heterocycles. The lowest BCUT2D eigenvalue weighted by atomic mass is 9.79. The van der Waals surface area contributed by atoms with Crippen molar-refractivity contribution in [1.82, 2.24) is 9.97 Å². The van der Waals surface area contributed by atoms with Crippen molar-refractivity contribution in [3.05, 3.63) is 74.7 Å². The number of aromatic amines is 1. The summed E-state index contributed by atoms with van der Waals surface area (Å²) in [5.74, 6) is 2.45. The first-order valence-electron chi connectivity index (χ1n) is 14.7. The van der Waals surface area contributed by atoms with Crippen LogP contribution in [0.25, 0.3) is 0 Å². The average Bonchev–Trinajstić information content (AvgIpc) is 2.97. The van der Waals surface area contributed by atoms with Crippen LogP contribution in [0.2, 0.25) is 0 Å². The van der Waals surface area contributed by atoms with Crippen molar-refractivity contribution in [2.75, 3.05) is 55.7 Å². The van der Waals surface area contributed by atoms with Crippen LogP contribution in [0.1, 0.15) is 48.2 Å². The Labute approximate surface area is 236 Å². The third-order valence-corrected chi connectivity index (χ3v) is 8.31. The van der Waals surface area contributed by atoms with E-state index in [1.54, 1.807) is 0 Å². The van der Waals surface area contributed by atoms with Crippen LogP contribution >= 0.6 is 0 Å². The first kappa shape index (κ1) is 26.4. The number of fused-ring (bicyclic) bond motifs is 2. The van der Waals surface area contributed by atoms with E-state index in [2.05, 4.69) is 58.1 Å². The number of hydrogen-bond donors (Lipinski definition) is 1. The van der Waals surface area contributed by atoms with Crippen LogP contribution in [0.4, 0.5) is 11.6 Å². The Kier molecular flexibility index (Phi) is 7.50. The first-order valence-corrected chi connectivity index (χ1v) is 14.7.